The molecule has 3 atom stereocenters. The van der Waals surface area contributed by atoms with Crippen LogP contribution in [0.5, 0.6) is 5.75 Å². The van der Waals surface area contributed by atoms with Crippen LogP contribution in [0, 0.1) is 11.8 Å². The van der Waals surface area contributed by atoms with Crippen molar-refractivity contribution < 1.29 is 42.1 Å². The first kappa shape index (κ1) is 31.7. The van der Waals surface area contributed by atoms with Crippen molar-refractivity contribution in [3.63, 3.8) is 0 Å². The van der Waals surface area contributed by atoms with Crippen molar-refractivity contribution in [2.75, 3.05) is 13.7 Å². The molecule has 230 valence electrons. The van der Waals surface area contributed by atoms with Crippen molar-refractivity contribution in [2.24, 2.45) is 11.8 Å². The number of imidazole rings is 1. The van der Waals surface area contributed by atoms with Gasteiger partial charge in [0.05, 0.1) is 18.7 Å². The first-order chi connectivity index (χ1) is 20.2. The molecule has 0 aliphatic carbocycles. The molecule has 0 saturated carbocycles. The number of carbonyl (C=O) groups excluding carboxylic acids is 2. The fraction of sp³-hybridized carbons (Fsp3) is 0.379. The van der Waals surface area contributed by atoms with E-state index in [-0.39, 0.29) is 34.0 Å². The Balaban J connectivity index is 1.62. The number of hydrogen-bond acceptors (Lipinski definition) is 6. The number of carboxylic acid groups (broad SMARTS) is 1. The number of nitrogens with one attached hydrogen (secondary N) is 2. The Hall–Kier alpha value is -4.26. The number of aromatic carboxylic acids is 1. The van der Waals surface area contributed by atoms with Crippen LogP contribution < -0.4 is 10.1 Å². The van der Waals surface area contributed by atoms with Crippen LogP contribution in [0.2, 0.25) is 5.15 Å². The molecule has 0 radical (unpaired) electrons. The van der Waals surface area contributed by atoms with Crippen molar-refractivity contribution in [1.82, 2.24) is 20.2 Å². The van der Waals surface area contributed by atoms with Crippen molar-refractivity contribution in [3.05, 3.63) is 59.0 Å². The Morgan fingerprint density at radius 2 is 1.79 bits per heavy atom. The van der Waals surface area contributed by atoms with E-state index in [1.54, 1.807) is 17.0 Å². The average molecular weight is 623 g/mol. The summed E-state index contributed by atoms with van der Waals surface area (Å²) in [5, 5.41) is 12.0. The number of alkyl halides is 3. The van der Waals surface area contributed by atoms with Gasteiger partial charge in [-0.3, -0.25) is 4.79 Å². The third-order valence-corrected chi connectivity index (χ3v) is 7.38. The van der Waals surface area contributed by atoms with E-state index in [0.717, 1.165) is 6.07 Å². The van der Waals surface area contributed by atoms with Crippen LogP contribution in [0.4, 0.5) is 18.0 Å². The number of methoxy groups -OCH3 is 1. The number of nitrogens with zero attached hydrogens (tertiary/aromatic N) is 2. The van der Waals surface area contributed by atoms with Gasteiger partial charge in [0.2, 0.25) is 5.91 Å². The molecule has 1 saturated heterocycles. The second-order valence-corrected chi connectivity index (χ2v) is 11.0. The van der Waals surface area contributed by atoms with Gasteiger partial charge >= 0.3 is 18.4 Å². The number of hydrogen-bond donors (Lipinski definition) is 3. The summed E-state index contributed by atoms with van der Waals surface area (Å²) in [6.07, 6.45) is -5.13. The van der Waals surface area contributed by atoms with Crippen LogP contribution in [0.3, 0.4) is 0 Å². The molecule has 3 N–H and O–H groups in total. The molecule has 1 aliphatic heterocycles. The molecule has 0 bridgehead atoms. The maximum absolute atomic E-state index is 13.5. The lowest BCUT2D eigenvalue weighted by atomic mass is 10.0. The predicted molar refractivity (Wildman–Crippen MR) is 151 cm³/mol. The monoisotopic (exact) mass is 622 g/mol. The molecule has 2 amide bonds. The highest BCUT2D eigenvalue weighted by Crippen LogP contribution is 2.39. The molecule has 10 nitrogen and oxygen atoms in total. The zero-order valence-corrected chi connectivity index (χ0v) is 24.4. The van der Waals surface area contributed by atoms with Gasteiger partial charge in [-0.2, -0.15) is 0 Å². The van der Waals surface area contributed by atoms with Gasteiger partial charge < -0.3 is 29.8 Å². The van der Waals surface area contributed by atoms with E-state index in [0.29, 0.717) is 35.6 Å². The van der Waals surface area contributed by atoms with Crippen LogP contribution in [-0.4, -0.2) is 64.0 Å². The Kier molecular flexibility index (Phi) is 9.24. The molecule has 2 aromatic carbocycles. The molecule has 14 heteroatoms. The Morgan fingerprint density at radius 3 is 2.37 bits per heavy atom. The molecule has 0 spiro atoms. The number of carbonyl (C=O) groups is 3. The number of benzene rings is 2. The number of alkyl carbamates (subject to hydrolysis) is 1. The summed E-state index contributed by atoms with van der Waals surface area (Å²) in [7, 11) is 1.22. The van der Waals surface area contributed by atoms with Crippen molar-refractivity contribution in [1.29, 1.82) is 0 Å². The molecule has 4 rings (SSSR count). The highest BCUT2D eigenvalue weighted by Gasteiger charge is 2.40. The summed E-state index contributed by atoms with van der Waals surface area (Å²) in [5.74, 6) is -1.94. The minimum atomic E-state index is -5.03. The summed E-state index contributed by atoms with van der Waals surface area (Å²) in [5.41, 5.74) is 0.942. The number of rotatable bonds is 8. The quantitative estimate of drug-likeness (QED) is 0.269. The van der Waals surface area contributed by atoms with Crippen molar-refractivity contribution in [2.45, 2.75) is 45.6 Å². The Labute approximate surface area is 250 Å². The maximum Gasteiger partial charge on any atom is 0.573 e. The summed E-state index contributed by atoms with van der Waals surface area (Å²) < 4.78 is 47.9. The standard InChI is InChI=1S/C29H30ClF3N4O6/c1-14(2)22(35-28(41)42-4)26(38)37-13-15(3)11-20(37)25-34-23(24(30)36-25)17-7-5-16(6-8-17)19-10-9-18(27(39)40)12-21(19)43-29(31,32)33/h5-10,12,14-15,20,22H,11,13H2,1-4H3,(H,34,36)(H,35,41)(H,39,40). The van der Waals surface area contributed by atoms with Gasteiger partial charge in [-0.15, -0.1) is 13.2 Å². The van der Waals surface area contributed by atoms with Crippen LogP contribution >= 0.6 is 11.6 Å². The molecule has 1 fully saturated rings. The van der Waals surface area contributed by atoms with Crippen LogP contribution in [0.1, 0.15) is 49.4 Å². The minimum Gasteiger partial charge on any atom is -0.478 e. The zero-order valence-electron chi connectivity index (χ0n) is 23.7. The van der Waals surface area contributed by atoms with E-state index in [2.05, 4.69) is 24.8 Å². The fourth-order valence-corrected chi connectivity index (χ4v) is 5.30. The molecule has 3 unspecified atom stereocenters. The number of ether oxygens (including phenoxy) is 2. The highest BCUT2D eigenvalue weighted by molar-refractivity contribution is 6.31. The normalized spacial score (nSPS) is 17.6. The largest absolute Gasteiger partial charge is 0.573 e. The van der Waals surface area contributed by atoms with E-state index in [4.69, 9.17) is 11.6 Å². The summed E-state index contributed by atoms with van der Waals surface area (Å²) in [4.78, 5) is 46.1. The van der Waals surface area contributed by atoms with Crippen LogP contribution in [0.25, 0.3) is 22.4 Å². The van der Waals surface area contributed by atoms with Crippen LogP contribution in [0.15, 0.2) is 42.5 Å². The van der Waals surface area contributed by atoms with Crippen molar-refractivity contribution in [3.8, 4) is 28.1 Å². The molecule has 1 aliphatic rings. The summed E-state index contributed by atoms with van der Waals surface area (Å²) >= 11 is 6.53. The number of aromatic amines is 1. The number of likely N-dealkylation sites (tertiary alicyclic amines) is 1. The van der Waals surface area contributed by atoms with E-state index >= 15 is 0 Å². The number of carboxylic acids is 1. The van der Waals surface area contributed by atoms with Gasteiger partial charge in [0.15, 0.2) is 0 Å². The maximum atomic E-state index is 13.5. The summed E-state index contributed by atoms with van der Waals surface area (Å²) in [6, 6.07) is 8.29. The number of amides is 2. The Morgan fingerprint density at radius 1 is 1.14 bits per heavy atom. The molecule has 43 heavy (non-hydrogen) atoms. The van der Waals surface area contributed by atoms with E-state index < -0.39 is 36.3 Å². The van der Waals surface area contributed by atoms with E-state index in [1.165, 1.54) is 31.4 Å². The van der Waals surface area contributed by atoms with Gasteiger partial charge in [-0.1, -0.05) is 56.6 Å². The van der Waals surface area contributed by atoms with Gasteiger partial charge in [0, 0.05) is 17.7 Å². The predicted octanol–water partition coefficient (Wildman–Crippen LogP) is 6.28. The first-order valence-electron chi connectivity index (χ1n) is 13.3. The third-order valence-electron chi connectivity index (χ3n) is 7.10. The summed E-state index contributed by atoms with van der Waals surface area (Å²) in [6.45, 7) is 6.08. The smallest absolute Gasteiger partial charge is 0.478 e. The molecule has 2 heterocycles. The second-order valence-electron chi connectivity index (χ2n) is 10.6. The molecule has 1 aromatic heterocycles. The molecule has 3 aromatic rings. The van der Waals surface area contributed by atoms with Gasteiger partial charge in [-0.05, 0) is 42.0 Å². The van der Waals surface area contributed by atoms with Gasteiger partial charge in [0.25, 0.3) is 0 Å². The van der Waals surface area contributed by atoms with E-state index in [9.17, 15) is 32.7 Å². The molecular formula is C29H30ClF3N4O6. The van der Waals surface area contributed by atoms with Crippen molar-refractivity contribution >= 4 is 29.6 Å². The van der Waals surface area contributed by atoms with Gasteiger partial charge in [0.1, 0.15) is 28.5 Å². The lowest BCUT2D eigenvalue weighted by Gasteiger charge is -2.30. The SMILES string of the molecule is COC(=O)NC(C(=O)N1CC(C)CC1c1nc(-c2ccc(-c3ccc(C(=O)O)cc3OC(F)(F)F)cc2)c(Cl)[nH]1)C(C)C. The van der Waals surface area contributed by atoms with Crippen LogP contribution in [-0.2, 0) is 9.53 Å². The number of aromatic nitrogens is 2. The first-order valence-corrected chi connectivity index (χ1v) is 13.7. The lowest BCUT2D eigenvalue weighted by molar-refractivity contribution is -0.274. The lowest BCUT2D eigenvalue weighted by Crippen LogP contribution is -2.51. The second kappa shape index (κ2) is 12.5. The van der Waals surface area contributed by atoms with E-state index in [1.807, 2.05) is 20.8 Å². The Bertz CT molecular complexity index is 1510. The van der Waals surface area contributed by atoms with Gasteiger partial charge in [-0.25, -0.2) is 14.6 Å². The minimum absolute atomic E-state index is 0.0389. The topological polar surface area (TPSA) is 134 Å². The fourth-order valence-electron chi connectivity index (χ4n) is 5.06. The average Bonchev–Trinajstić information content (AvgIpc) is 3.52. The third kappa shape index (κ3) is 7.22. The zero-order chi connectivity index (χ0) is 31.6. The highest BCUT2D eigenvalue weighted by atomic mass is 35.5. The molecular weight excluding hydrogens is 593 g/mol. The number of halogens is 4. The number of H-pyrrole nitrogens is 1.